The van der Waals surface area contributed by atoms with E-state index in [9.17, 15) is 13.2 Å². The molecule has 0 amide bonds. The highest BCUT2D eigenvalue weighted by atomic mass is 32.1. The van der Waals surface area contributed by atoms with Crippen molar-refractivity contribution >= 4 is 11.3 Å². The predicted octanol–water partition coefficient (Wildman–Crippen LogP) is 2.49. The van der Waals surface area contributed by atoms with Gasteiger partial charge in [0.1, 0.15) is 5.01 Å². The molecule has 2 N–H and O–H groups in total. The Kier molecular flexibility index (Phi) is 2.63. The van der Waals surface area contributed by atoms with Crippen molar-refractivity contribution in [3.8, 4) is 0 Å². The molecule has 2 nitrogen and oxygen atoms in total. The molecule has 0 bridgehead atoms. The maximum Gasteiger partial charge on any atom is 0.434 e. The van der Waals surface area contributed by atoms with Crippen LogP contribution in [-0.4, -0.2) is 4.98 Å². The van der Waals surface area contributed by atoms with E-state index in [2.05, 4.69) is 4.98 Å². The van der Waals surface area contributed by atoms with Gasteiger partial charge in [0.25, 0.3) is 0 Å². The lowest BCUT2D eigenvalue weighted by Crippen LogP contribution is -2.09. The van der Waals surface area contributed by atoms with Crippen molar-refractivity contribution in [1.29, 1.82) is 0 Å². The number of nitrogens with two attached hydrogens (primary N) is 1. The maximum atomic E-state index is 12.2. The van der Waals surface area contributed by atoms with E-state index in [1.165, 1.54) is 6.92 Å². The summed E-state index contributed by atoms with van der Waals surface area (Å²) >= 11 is 0.993. The Morgan fingerprint density at radius 2 is 2.00 bits per heavy atom. The van der Waals surface area contributed by atoms with Crippen LogP contribution in [0.1, 0.15) is 28.5 Å². The standard InChI is InChI=1S/C7H9F3N2S/c1-3(11)6-12-5(4(2)13-6)7(8,9)10/h3H,11H2,1-2H3. The second kappa shape index (κ2) is 3.26. The average Bonchev–Trinajstić information content (AvgIpc) is 2.29. The number of hydrogen-bond donors (Lipinski definition) is 1. The van der Waals surface area contributed by atoms with Gasteiger partial charge in [-0.25, -0.2) is 4.98 Å². The summed E-state index contributed by atoms with van der Waals surface area (Å²) in [6.07, 6.45) is -4.37. The van der Waals surface area contributed by atoms with Crippen LogP contribution in [-0.2, 0) is 6.18 Å². The van der Waals surface area contributed by atoms with E-state index in [0.29, 0.717) is 5.01 Å². The normalized spacial score (nSPS) is 14.6. The Balaban J connectivity index is 3.11. The third-order valence-electron chi connectivity index (χ3n) is 1.47. The van der Waals surface area contributed by atoms with E-state index in [1.54, 1.807) is 6.92 Å². The summed E-state index contributed by atoms with van der Waals surface area (Å²) in [5.41, 5.74) is 4.60. The molecule has 1 aromatic rings. The first kappa shape index (κ1) is 10.5. The molecule has 1 aromatic heterocycles. The first-order valence-electron chi connectivity index (χ1n) is 3.62. The summed E-state index contributed by atoms with van der Waals surface area (Å²) in [5.74, 6) is 0. The zero-order chi connectivity index (χ0) is 10.2. The summed E-state index contributed by atoms with van der Waals surface area (Å²) in [6.45, 7) is 3.00. The molecule has 0 radical (unpaired) electrons. The lowest BCUT2D eigenvalue weighted by molar-refractivity contribution is -0.141. The number of aryl methyl sites for hydroxylation is 1. The molecule has 1 heterocycles. The van der Waals surface area contributed by atoms with Crippen molar-refractivity contribution in [1.82, 2.24) is 4.98 Å². The number of aromatic nitrogens is 1. The van der Waals surface area contributed by atoms with Crippen molar-refractivity contribution in [2.24, 2.45) is 5.73 Å². The first-order chi connectivity index (χ1) is 5.82. The summed E-state index contributed by atoms with van der Waals surface area (Å²) in [6, 6.07) is -0.445. The number of nitrogens with zero attached hydrogens (tertiary/aromatic N) is 1. The molecule has 1 unspecified atom stereocenters. The van der Waals surface area contributed by atoms with Crippen LogP contribution in [0, 0.1) is 6.92 Å². The molecule has 0 saturated carbocycles. The highest BCUT2D eigenvalue weighted by molar-refractivity contribution is 7.11. The Morgan fingerprint density at radius 1 is 1.46 bits per heavy atom. The van der Waals surface area contributed by atoms with Crippen LogP contribution in [0.5, 0.6) is 0 Å². The minimum Gasteiger partial charge on any atom is -0.322 e. The minimum absolute atomic E-state index is 0.166. The molecular formula is C7H9F3N2S. The molecular weight excluding hydrogens is 201 g/mol. The fourth-order valence-corrected chi connectivity index (χ4v) is 1.77. The number of thiazole rings is 1. The number of alkyl halides is 3. The van der Waals surface area contributed by atoms with Crippen LogP contribution < -0.4 is 5.73 Å². The Bertz CT molecular complexity index is 303. The highest BCUT2D eigenvalue weighted by Crippen LogP contribution is 2.34. The molecule has 0 aliphatic carbocycles. The van der Waals surface area contributed by atoms with Gasteiger partial charge in [0, 0.05) is 4.88 Å². The molecule has 0 fully saturated rings. The van der Waals surface area contributed by atoms with Crippen LogP contribution in [0.15, 0.2) is 0 Å². The highest BCUT2D eigenvalue weighted by Gasteiger charge is 2.36. The number of halogens is 3. The van der Waals surface area contributed by atoms with E-state index in [0.717, 1.165) is 11.3 Å². The molecule has 0 spiro atoms. The van der Waals surface area contributed by atoms with Gasteiger partial charge in [0.15, 0.2) is 5.69 Å². The molecule has 0 aliphatic heterocycles. The van der Waals surface area contributed by atoms with Crippen LogP contribution in [0.2, 0.25) is 0 Å². The molecule has 6 heteroatoms. The minimum atomic E-state index is -4.37. The van der Waals surface area contributed by atoms with Gasteiger partial charge in [0.2, 0.25) is 0 Å². The van der Waals surface area contributed by atoms with E-state index in [1.807, 2.05) is 0 Å². The third kappa shape index (κ3) is 2.19. The first-order valence-corrected chi connectivity index (χ1v) is 4.44. The van der Waals surface area contributed by atoms with Crippen molar-refractivity contribution in [3.63, 3.8) is 0 Å². The van der Waals surface area contributed by atoms with Crippen molar-refractivity contribution in [2.45, 2.75) is 26.1 Å². The fourth-order valence-electron chi connectivity index (χ4n) is 0.875. The molecule has 13 heavy (non-hydrogen) atoms. The van der Waals surface area contributed by atoms with E-state index >= 15 is 0 Å². The van der Waals surface area contributed by atoms with Crippen LogP contribution in [0.3, 0.4) is 0 Å². The Hall–Kier alpha value is -0.620. The second-order valence-electron chi connectivity index (χ2n) is 2.74. The smallest absolute Gasteiger partial charge is 0.322 e. The van der Waals surface area contributed by atoms with Crippen molar-refractivity contribution in [3.05, 3.63) is 15.6 Å². The zero-order valence-corrected chi connectivity index (χ0v) is 7.96. The Labute approximate surface area is 77.6 Å². The molecule has 1 rings (SSSR count). The summed E-state index contributed by atoms with van der Waals surface area (Å²) in [7, 11) is 0. The molecule has 0 saturated heterocycles. The van der Waals surface area contributed by atoms with Crippen LogP contribution in [0.25, 0.3) is 0 Å². The third-order valence-corrected chi connectivity index (χ3v) is 2.64. The topological polar surface area (TPSA) is 38.9 Å². The van der Waals surface area contributed by atoms with Crippen molar-refractivity contribution < 1.29 is 13.2 Å². The van der Waals surface area contributed by atoms with Gasteiger partial charge in [-0.2, -0.15) is 13.2 Å². The molecule has 74 valence electrons. The quantitative estimate of drug-likeness (QED) is 0.773. The summed E-state index contributed by atoms with van der Waals surface area (Å²) in [4.78, 5) is 3.62. The summed E-state index contributed by atoms with van der Waals surface area (Å²) in [5, 5.41) is 0.324. The zero-order valence-electron chi connectivity index (χ0n) is 7.14. The number of rotatable bonds is 1. The fraction of sp³-hybridized carbons (Fsp3) is 0.571. The van der Waals surface area contributed by atoms with Gasteiger partial charge in [-0.15, -0.1) is 11.3 Å². The molecule has 0 aromatic carbocycles. The van der Waals surface area contributed by atoms with Gasteiger partial charge < -0.3 is 5.73 Å². The van der Waals surface area contributed by atoms with Gasteiger partial charge in [0.05, 0.1) is 6.04 Å². The lowest BCUT2D eigenvalue weighted by Gasteiger charge is -2.02. The number of hydrogen-bond acceptors (Lipinski definition) is 3. The van der Waals surface area contributed by atoms with Gasteiger partial charge in [-0.3, -0.25) is 0 Å². The van der Waals surface area contributed by atoms with Gasteiger partial charge >= 0.3 is 6.18 Å². The monoisotopic (exact) mass is 210 g/mol. The second-order valence-corrected chi connectivity index (χ2v) is 3.98. The maximum absolute atomic E-state index is 12.2. The van der Waals surface area contributed by atoms with Gasteiger partial charge in [-0.05, 0) is 13.8 Å². The average molecular weight is 210 g/mol. The molecule has 0 aliphatic rings. The van der Waals surface area contributed by atoms with E-state index in [4.69, 9.17) is 5.73 Å². The SMILES string of the molecule is Cc1sc(C(C)N)nc1C(F)(F)F. The van der Waals surface area contributed by atoms with Crippen LogP contribution in [0.4, 0.5) is 13.2 Å². The van der Waals surface area contributed by atoms with E-state index in [-0.39, 0.29) is 4.88 Å². The summed E-state index contributed by atoms with van der Waals surface area (Å²) < 4.78 is 36.7. The van der Waals surface area contributed by atoms with Gasteiger partial charge in [-0.1, -0.05) is 0 Å². The van der Waals surface area contributed by atoms with E-state index < -0.39 is 17.9 Å². The molecule has 1 atom stereocenters. The largest absolute Gasteiger partial charge is 0.434 e. The Morgan fingerprint density at radius 3 is 2.23 bits per heavy atom. The van der Waals surface area contributed by atoms with Crippen molar-refractivity contribution in [2.75, 3.05) is 0 Å². The van der Waals surface area contributed by atoms with Crippen LogP contribution >= 0.6 is 11.3 Å². The predicted molar refractivity (Wildman–Crippen MR) is 44.5 cm³/mol. The lowest BCUT2D eigenvalue weighted by atomic mass is 10.3.